The lowest BCUT2D eigenvalue weighted by atomic mass is 10.4. The Morgan fingerprint density at radius 2 is 1.82 bits per heavy atom. The summed E-state index contributed by atoms with van der Waals surface area (Å²) in [6.45, 7) is 3.06. The molecule has 0 radical (unpaired) electrons. The van der Waals surface area contributed by atoms with Crippen molar-refractivity contribution in [3.63, 3.8) is 0 Å². The van der Waals surface area contributed by atoms with Gasteiger partial charge in [-0.2, -0.15) is 0 Å². The second-order valence-electron chi connectivity index (χ2n) is 4.05. The van der Waals surface area contributed by atoms with Crippen LogP contribution in [-0.2, 0) is 26.9 Å². The zero-order valence-corrected chi connectivity index (χ0v) is 12.4. The van der Waals surface area contributed by atoms with Gasteiger partial charge in [-0.15, -0.1) is 0 Å². The van der Waals surface area contributed by atoms with Gasteiger partial charge in [-0.1, -0.05) is 0 Å². The number of nitrogens with zero attached hydrogens (tertiary/aromatic N) is 2. The van der Waals surface area contributed by atoms with Crippen molar-refractivity contribution in [3.05, 3.63) is 18.2 Å². The van der Waals surface area contributed by atoms with Crippen LogP contribution in [0.5, 0.6) is 0 Å². The van der Waals surface area contributed by atoms with E-state index in [1.54, 1.807) is 21.3 Å². The lowest BCUT2D eigenvalue weighted by Gasteiger charge is -2.23. The highest BCUT2D eigenvalue weighted by Crippen LogP contribution is 2.15. The second kappa shape index (κ2) is 6.30. The molecular formula is C11H23N2O3Si+. The summed E-state index contributed by atoms with van der Waals surface area (Å²) in [5.41, 5.74) is 0. The molecule has 1 aromatic heterocycles. The maximum Gasteiger partial charge on any atom is 0.500 e. The van der Waals surface area contributed by atoms with Gasteiger partial charge in [0, 0.05) is 34.3 Å². The summed E-state index contributed by atoms with van der Waals surface area (Å²) in [4.78, 5) is 0. The van der Waals surface area contributed by atoms with Crippen molar-refractivity contribution < 1.29 is 17.8 Å². The zero-order chi connectivity index (χ0) is 12.9. The molecule has 6 heteroatoms. The fourth-order valence-corrected chi connectivity index (χ4v) is 3.56. The molecule has 0 aromatic carbocycles. The van der Waals surface area contributed by atoms with Crippen LogP contribution in [0.3, 0.4) is 0 Å². The molecule has 5 nitrogen and oxygen atoms in total. The van der Waals surface area contributed by atoms with E-state index in [1.165, 1.54) is 5.82 Å². The van der Waals surface area contributed by atoms with Gasteiger partial charge in [0.15, 0.2) is 0 Å². The highest BCUT2D eigenvalue weighted by atomic mass is 28.4. The van der Waals surface area contributed by atoms with Crippen molar-refractivity contribution in [3.8, 4) is 0 Å². The van der Waals surface area contributed by atoms with Gasteiger partial charge >= 0.3 is 8.80 Å². The molecule has 0 atom stereocenters. The van der Waals surface area contributed by atoms with E-state index in [0.717, 1.165) is 19.0 Å². The predicted octanol–water partition coefficient (Wildman–Crippen LogP) is 0.889. The third-order valence-electron chi connectivity index (χ3n) is 3.21. The molecule has 0 saturated heterocycles. The third-order valence-corrected chi connectivity index (χ3v) is 6.04. The number of hydrogen-bond donors (Lipinski definition) is 0. The van der Waals surface area contributed by atoms with E-state index in [-0.39, 0.29) is 0 Å². The summed E-state index contributed by atoms with van der Waals surface area (Å²) in [5, 5.41) is 0. The average Bonchev–Trinajstić information content (AvgIpc) is 2.67. The molecule has 0 aliphatic heterocycles. The number of rotatable bonds is 7. The molecular weight excluding hydrogens is 236 g/mol. The lowest BCUT2D eigenvalue weighted by Crippen LogP contribution is -2.42. The maximum absolute atomic E-state index is 5.39. The van der Waals surface area contributed by atoms with Crippen LogP contribution < -0.4 is 4.57 Å². The standard InChI is InChI=1S/C11H23N2O3Si/c1-11-12(2)8-9-13(11)7-6-10-17(14-3,15-4)16-5/h8-9H,6-7,10H2,1-5H3/q+1. The van der Waals surface area contributed by atoms with Gasteiger partial charge in [0.1, 0.15) is 12.4 Å². The first-order valence-electron chi connectivity index (χ1n) is 5.75. The Balaban J connectivity index is 2.49. The van der Waals surface area contributed by atoms with Gasteiger partial charge in [0.2, 0.25) is 0 Å². The minimum atomic E-state index is -2.40. The van der Waals surface area contributed by atoms with Crippen molar-refractivity contribution in [2.24, 2.45) is 7.05 Å². The van der Waals surface area contributed by atoms with Crippen molar-refractivity contribution in [1.82, 2.24) is 4.57 Å². The van der Waals surface area contributed by atoms with Gasteiger partial charge in [-0.05, 0) is 6.42 Å². The van der Waals surface area contributed by atoms with Gasteiger partial charge in [-0.3, -0.25) is 0 Å². The molecule has 98 valence electrons. The Bertz CT molecular complexity index is 342. The zero-order valence-electron chi connectivity index (χ0n) is 11.4. The molecule has 0 N–H and O–H groups in total. The molecule has 0 saturated carbocycles. The van der Waals surface area contributed by atoms with Crippen molar-refractivity contribution in [2.45, 2.75) is 25.9 Å². The van der Waals surface area contributed by atoms with Gasteiger partial charge in [0.25, 0.3) is 5.82 Å². The van der Waals surface area contributed by atoms with E-state index in [2.05, 4.69) is 28.5 Å². The van der Waals surface area contributed by atoms with Crippen molar-refractivity contribution in [1.29, 1.82) is 0 Å². The van der Waals surface area contributed by atoms with E-state index < -0.39 is 8.80 Å². The average molecular weight is 259 g/mol. The maximum atomic E-state index is 5.39. The first kappa shape index (κ1) is 14.4. The Hall–Kier alpha value is -0.693. The Morgan fingerprint density at radius 1 is 1.24 bits per heavy atom. The highest BCUT2D eigenvalue weighted by molar-refractivity contribution is 6.60. The Morgan fingerprint density at radius 3 is 2.24 bits per heavy atom. The monoisotopic (exact) mass is 259 g/mol. The SMILES string of the molecule is CO[Si](CCCn1cc[n+](C)c1C)(OC)OC. The summed E-state index contributed by atoms with van der Waals surface area (Å²) in [6, 6.07) is 0.831. The predicted molar refractivity (Wildman–Crippen MR) is 66.6 cm³/mol. The van der Waals surface area contributed by atoms with Crippen molar-refractivity contribution in [2.75, 3.05) is 21.3 Å². The molecule has 0 fully saturated rings. The molecule has 0 unspecified atom stereocenters. The van der Waals surface area contributed by atoms with E-state index in [1.807, 2.05) is 7.05 Å². The van der Waals surface area contributed by atoms with Crippen LogP contribution in [0, 0.1) is 6.92 Å². The number of aryl methyl sites for hydroxylation is 2. The molecule has 0 amide bonds. The summed E-state index contributed by atoms with van der Waals surface area (Å²) >= 11 is 0. The Kier molecular flexibility index (Phi) is 5.32. The lowest BCUT2D eigenvalue weighted by molar-refractivity contribution is -0.677. The molecule has 17 heavy (non-hydrogen) atoms. The quantitative estimate of drug-likeness (QED) is 0.539. The third kappa shape index (κ3) is 3.38. The normalized spacial score (nSPS) is 12.1. The van der Waals surface area contributed by atoms with Crippen LogP contribution in [0.4, 0.5) is 0 Å². The molecule has 0 aliphatic rings. The molecule has 0 bridgehead atoms. The number of imidazole rings is 1. The van der Waals surface area contributed by atoms with E-state index in [4.69, 9.17) is 13.3 Å². The first-order valence-corrected chi connectivity index (χ1v) is 7.68. The fourth-order valence-electron chi connectivity index (χ4n) is 1.86. The van der Waals surface area contributed by atoms with E-state index in [0.29, 0.717) is 0 Å². The minimum absolute atomic E-state index is 0.831. The smallest absolute Gasteiger partial charge is 0.377 e. The van der Waals surface area contributed by atoms with Gasteiger partial charge in [-0.25, -0.2) is 9.13 Å². The van der Waals surface area contributed by atoms with Gasteiger partial charge in [0.05, 0.1) is 13.6 Å². The van der Waals surface area contributed by atoms with Gasteiger partial charge < -0.3 is 13.3 Å². The van der Waals surface area contributed by atoms with Crippen LogP contribution in [0.25, 0.3) is 0 Å². The first-order chi connectivity index (χ1) is 8.08. The van der Waals surface area contributed by atoms with Crippen LogP contribution in [0.1, 0.15) is 12.2 Å². The Labute approximate surface area is 104 Å². The van der Waals surface area contributed by atoms with E-state index >= 15 is 0 Å². The summed E-state index contributed by atoms with van der Waals surface area (Å²) in [5.74, 6) is 1.24. The topological polar surface area (TPSA) is 36.5 Å². The van der Waals surface area contributed by atoms with Crippen LogP contribution >= 0.6 is 0 Å². The molecule has 0 spiro atoms. The fraction of sp³-hybridized carbons (Fsp3) is 0.727. The van der Waals surface area contributed by atoms with Crippen molar-refractivity contribution >= 4 is 8.80 Å². The van der Waals surface area contributed by atoms with Crippen LogP contribution in [0.15, 0.2) is 12.4 Å². The second-order valence-corrected chi connectivity index (χ2v) is 7.14. The van der Waals surface area contributed by atoms with E-state index in [9.17, 15) is 0 Å². The van der Waals surface area contributed by atoms with Crippen LogP contribution in [-0.4, -0.2) is 34.7 Å². The molecule has 1 aromatic rings. The summed E-state index contributed by atoms with van der Waals surface area (Å²) in [7, 11) is 4.60. The molecule has 1 rings (SSSR count). The summed E-state index contributed by atoms with van der Waals surface area (Å²) in [6.07, 6.45) is 5.13. The van der Waals surface area contributed by atoms with Crippen LogP contribution in [0.2, 0.25) is 6.04 Å². The number of hydrogen-bond acceptors (Lipinski definition) is 3. The molecule has 1 heterocycles. The summed E-state index contributed by atoms with van der Waals surface area (Å²) < 4.78 is 20.5. The number of aromatic nitrogens is 2. The minimum Gasteiger partial charge on any atom is -0.377 e. The highest BCUT2D eigenvalue weighted by Gasteiger charge is 2.37. The largest absolute Gasteiger partial charge is 0.500 e. The molecule has 0 aliphatic carbocycles.